The molecular formula is C25H22N4O5. The third-order valence-corrected chi connectivity index (χ3v) is 5.61. The molecule has 0 saturated carbocycles. The van der Waals surface area contributed by atoms with Gasteiger partial charge in [-0.3, -0.25) is 10.1 Å². The van der Waals surface area contributed by atoms with Crippen LogP contribution in [0.3, 0.4) is 0 Å². The first kappa shape index (κ1) is 21.5. The van der Waals surface area contributed by atoms with Gasteiger partial charge < -0.3 is 24.9 Å². The summed E-state index contributed by atoms with van der Waals surface area (Å²) in [5.41, 5.74) is 3.84. The minimum absolute atomic E-state index is 0.0712. The molecule has 2 heterocycles. The van der Waals surface area contributed by atoms with Gasteiger partial charge in [0, 0.05) is 29.6 Å². The summed E-state index contributed by atoms with van der Waals surface area (Å²) in [6, 6.07) is 17.7. The number of nitro benzene ring substituents is 1. The zero-order valence-electron chi connectivity index (χ0n) is 18.4. The summed E-state index contributed by atoms with van der Waals surface area (Å²) in [5, 5.41) is 26.0. The summed E-state index contributed by atoms with van der Waals surface area (Å²) in [4.78, 5) is 18.5. The van der Waals surface area contributed by atoms with E-state index < -0.39 is 4.92 Å². The highest BCUT2D eigenvalue weighted by Gasteiger charge is 2.23. The average Bonchev–Trinajstić information content (AvgIpc) is 3.44. The quantitative estimate of drug-likeness (QED) is 0.208. The van der Waals surface area contributed by atoms with Crippen LogP contribution in [0.1, 0.15) is 23.6 Å². The van der Waals surface area contributed by atoms with Crippen molar-refractivity contribution in [3.63, 3.8) is 0 Å². The van der Waals surface area contributed by atoms with Crippen molar-refractivity contribution >= 4 is 28.0 Å². The molecule has 172 valence electrons. The number of fused-ring (bicyclic) bond motifs is 2. The molecule has 3 aromatic carbocycles. The van der Waals surface area contributed by atoms with Crippen molar-refractivity contribution in [2.45, 2.75) is 13.5 Å². The van der Waals surface area contributed by atoms with E-state index in [0.717, 1.165) is 18.7 Å². The molecule has 0 saturated heterocycles. The van der Waals surface area contributed by atoms with Crippen LogP contribution in [0.5, 0.6) is 17.4 Å². The SMILES string of the molecule is CCNCc1ccc(N=C(c2ccc3c(c2)OCO3)c2c(O)[nH]c3cc([N+](=O)[O-])ccc23)cc1. The van der Waals surface area contributed by atoms with Crippen LogP contribution in [0.25, 0.3) is 10.9 Å². The standard InChI is InChI=1S/C25H22N4O5/c1-2-26-13-15-3-6-17(7-4-15)27-24(16-5-10-21-22(11-16)34-14-33-21)23-19-9-8-18(29(31)32)12-20(19)28-25(23)30/h3-12,26,28,30H,2,13-14H2,1H3. The molecule has 0 amide bonds. The van der Waals surface area contributed by atoms with E-state index in [4.69, 9.17) is 14.5 Å². The lowest BCUT2D eigenvalue weighted by Crippen LogP contribution is -2.11. The Morgan fingerprint density at radius 1 is 1.12 bits per heavy atom. The van der Waals surface area contributed by atoms with Crippen LogP contribution in [-0.2, 0) is 6.54 Å². The van der Waals surface area contributed by atoms with Crippen LogP contribution >= 0.6 is 0 Å². The lowest BCUT2D eigenvalue weighted by molar-refractivity contribution is -0.384. The van der Waals surface area contributed by atoms with Crippen LogP contribution in [0, 0.1) is 10.1 Å². The molecule has 0 unspecified atom stereocenters. The summed E-state index contributed by atoms with van der Waals surface area (Å²) < 4.78 is 11.0. The van der Waals surface area contributed by atoms with Crippen LogP contribution in [0.4, 0.5) is 11.4 Å². The van der Waals surface area contributed by atoms with E-state index in [2.05, 4.69) is 17.2 Å². The number of hydrogen-bond acceptors (Lipinski definition) is 7. The number of nitro groups is 1. The molecule has 5 rings (SSSR count). The minimum Gasteiger partial charge on any atom is -0.494 e. The van der Waals surface area contributed by atoms with Crippen LogP contribution in [0.2, 0.25) is 0 Å². The van der Waals surface area contributed by atoms with Gasteiger partial charge in [-0.2, -0.15) is 0 Å². The lowest BCUT2D eigenvalue weighted by Gasteiger charge is -2.09. The number of aromatic amines is 1. The third kappa shape index (κ3) is 4.04. The molecule has 34 heavy (non-hydrogen) atoms. The second kappa shape index (κ2) is 8.87. The maximum Gasteiger partial charge on any atom is 0.271 e. The number of aromatic hydroxyl groups is 1. The van der Waals surface area contributed by atoms with Gasteiger partial charge in [-0.15, -0.1) is 0 Å². The van der Waals surface area contributed by atoms with E-state index in [9.17, 15) is 15.2 Å². The molecule has 1 aromatic heterocycles. The second-order valence-corrected chi connectivity index (χ2v) is 7.81. The van der Waals surface area contributed by atoms with E-state index >= 15 is 0 Å². The maximum atomic E-state index is 11.2. The normalized spacial score (nSPS) is 12.9. The molecule has 0 spiro atoms. The fraction of sp³-hybridized carbons (Fsp3) is 0.160. The van der Waals surface area contributed by atoms with E-state index in [-0.39, 0.29) is 18.4 Å². The highest BCUT2D eigenvalue weighted by atomic mass is 16.7. The van der Waals surface area contributed by atoms with Gasteiger partial charge in [0.2, 0.25) is 6.79 Å². The molecule has 0 radical (unpaired) electrons. The monoisotopic (exact) mass is 458 g/mol. The fourth-order valence-corrected chi connectivity index (χ4v) is 3.92. The van der Waals surface area contributed by atoms with E-state index in [1.54, 1.807) is 12.1 Å². The Kier molecular flexibility index (Phi) is 5.60. The van der Waals surface area contributed by atoms with Gasteiger partial charge in [0.15, 0.2) is 17.4 Å². The molecule has 1 aliphatic rings. The summed E-state index contributed by atoms with van der Waals surface area (Å²) in [5.74, 6) is 1.09. The zero-order valence-corrected chi connectivity index (χ0v) is 18.4. The Hall–Kier alpha value is -4.37. The van der Waals surface area contributed by atoms with Gasteiger partial charge >= 0.3 is 0 Å². The number of H-pyrrole nitrogens is 1. The number of nitrogens with one attached hydrogen (secondary N) is 2. The first-order valence-electron chi connectivity index (χ1n) is 10.8. The molecule has 0 aliphatic carbocycles. The fourth-order valence-electron chi connectivity index (χ4n) is 3.92. The highest BCUT2D eigenvalue weighted by molar-refractivity contribution is 6.22. The van der Waals surface area contributed by atoms with Crippen molar-refractivity contribution in [1.82, 2.24) is 10.3 Å². The number of benzene rings is 3. The summed E-state index contributed by atoms with van der Waals surface area (Å²) in [7, 11) is 0. The maximum absolute atomic E-state index is 11.2. The van der Waals surface area contributed by atoms with Crippen LogP contribution in [0.15, 0.2) is 65.7 Å². The second-order valence-electron chi connectivity index (χ2n) is 7.81. The number of aliphatic imine (C=N–C) groups is 1. The molecule has 9 nitrogen and oxygen atoms in total. The zero-order chi connectivity index (χ0) is 23.7. The van der Waals surface area contributed by atoms with Crippen molar-refractivity contribution in [3.05, 3.63) is 87.5 Å². The summed E-state index contributed by atoms with van der Waals surface area (Å²) >= 11 is 0. The van der Waals surface area contributed by atoms with Crippen LogP contribution < -0.4 is 14.8 Å². The first-order valence-corrected chi connectivity index (χ1v) is 10.8. The van der Waals surface area contributed by atoms with Gasteiger partial charge in [-0.25, -0.2) is 4.99 Å². The lowest BCUT2D eigenvalue weighted by atomic mass is 10.00. The van der Waals surface area contributed by atoms with Gasteiger partial charge in [-0.05, 0) is 48.5 Å². The summed E-state index contributed by atoms with van der Waals surface area (Å²) in [6.45, 7) is 3.84. The summed E-state index contributed by atoms with van der Waals surface area (Å²) in [6.07, 6.45) is 0. The number of ether oxygens (including phenoxy) is 2. The van der Waals surface area contributed by atoms with Gasteiger partial charge in [0.05, 0.1) is 27.4 Å². The number of non-ortho nitro benzene ring substituents is 1. The van der Waals surface area contributed by atoms with E-state index in [1.807, 2.05) is 36.4 Å². The number of nitrogens with zero attached hydrogens (tertiary/aromatic N) is 2. The first-order chi connectivity index (χ1) is 16.5. The number of aromatic nitrogens is 1. The van der Waals surface area contributed by atoms with Crippen molar-refractivity contribution in [3.8, 4) is 17.4 Å². The van der Waals surface area contributed by atoms with E-state index in [1.165, 1.54) is 12.1 Å². The smallest absolute Gasteiger partial charge is 0.271 e. The molecule has 9 heteroatoms. The molecule has 4 aromatic rings. The number of rotatable bonds is 7. The predicted octanol–water partition coefficient (Wildman–Crippen LogP) is 4.79. The van der Waals surface area contributed by atoms with Gasteiger partial charge in [0.1, 0.15) is 0 Å². The Morgan fingerprint density at radius 2 is 1.91 bits per heavy atom. The Labute approximate surface area is 194 Å². The van der Waals surface area contributed by atoms with Crippen molar-refractivity contribution in [2.24, 2.45) is 4.99 Å². The minimum atomic E-state index is -0.473. The predicted molar refractivity (Wildman–Crippen MR) is 128 cm³/mol. The highest BCUT2D eigenvalue weighted by Crippen LogP contribution is 2.37. The largest absolute Gasteiger partial charge is 0.494 e. The molecule has 0 fully saturated rings. The molecule has 0 atom stereocenters. The molecular weight excluding hydrogens is 436 g/mol. The topological polar surface area (TPSA) is 122 Å². The molecule has 1 aliphatic heterocycles. The molecule has 3 N–H and O–H groups in total. The average molecular weight is 458 g/mol. The van der Waals surface area contributed by atoms with Crippen LogP contribution in [-0.4, -0.2) is 34.1 Å². The Bertz CT molecular complexity index is 1410. The molecule has 0 bridgehead atoms. The Morgan fingerprint density at radius 3 is 2.68 bits per heavy atom. The number of hydrogen-bond donors (Lipinski definition) is 3. The van der Waals surface area contributed by atoms with Crippen molar-refractivity contribution < 1.29 is 19.5 Å². The van der Waals surface area contributed by atoms with Gasteiger partial charge in [0.25, 0.3) is 5.69 Å². The third-order valence-electron chi connectivity index (χ3n) is 5.61. The van der Waals surface area contributed by atoms with Gasteiger partial charge in [-0.1, -0.05) is 19.1 Å². The van der Waals surface area contributed by atoms with E-state index in [0.29, 0.717) is 44.9 Å². The Balaban J connectivity index is 1.65. The van der Waals surface area contributed by atoms with Crippen molar-refractivity contribution in [2.75, 3.05) is 13.3 Å². The van der Waals surface area contributed by atoms with Crippen molar-refractivity contribution in [1.29, 1.82) is 0 Å².